The summed E-state index contributed by atoms with van der Waals surface area (Å²) in [5, 5.41) is 11.5. The van der Waals surface area contributed by atoms with Crippen LogP contribution >= 0.6 is 11.6 Å². The van der Waals surface area contributed by atoms with Crippen LogP contribution in [-0.4, -0.2) is 20.2 Å². The summed E-state index contributed by atoms with van der Waals surface area (Å²) in [6, 6.07) is 0.484. The topological polar surface area (TPSA) is 43.6 Å². The van der Waals surface area contributed by atoms with E-state index in [-0.39, 0.29) is 0 Å². The average molecular weight is 201 g/mol. The van der Waals surface area contributed by atoms with Crippen LogP contribution in [0.15, 0.2) is 0 Å². The molecule has 0 aromatic carbocycles. The molecule has 0 spiro atoms. The van der Waals surface area contributed by atoms with Gasteiger partial charge in [0.25, 0.3) is 0 Å². The predicted octanol–water partition coefficient (Wildman–Crippen LogP) is 1.92. The molecule has 1 aliphatic rings. The van der Waals surface area contributed by atoms with Crippen molar-refractivity contribution in [3.8, 4) is 0 Å². The summed E-state index contributed by atoms with van der Waals surface area (Å²) in [6.07, 6.45) is 6.29. The van der Waals surface area contributed by atoms with Crippen LogP contribution in [0.3, 0.4) is 0 Å². The minimum Gasteiger partial charge on any atom is -0.225 e. The van der Waals surface area contributed by atoms with E-state index in [0.717, 1.165) is 5.82 Å². The standard InChI is InChI=1S/C8H13ClN4/c9-6-8-10-11-12-13(8)7-4-2-1-3-5-7/h7H,1-6H2. The molecule has 1 aromatic rings. The second-order valence-corrected chi connectivity index (χ2v) is 3.73. The van der Waals surface area contributed by atoms with Crippen LogP contribution in [0.5, 0.6) is 0 Å². The lowest BCUT2D eigenvalue weighted by atomic mass is 9.96. The molecule has 1 saturated carbocycles. The molecule has 72 valence electrons. The number of alkyl halides is 1. The Hall–Kier alpha value is -0.640. The van der Waals surface area contributed by atoms with Crippen LogP contribution in [-0.2, 0) is 5.88 Å². The van der Waals surface area contributed by atoms with Gasteiger partial charge in [0.1, 0.15) is 0 Å². The monoisotopic (exact) mass is 200 g/mol. The van der Waals surface area contributed by atoms with Gasteiger partial charge in [-0.3, -0.25) is 0 Å². The lowest BCUT2D eigenvalue weighted by Crippen LogP contribution is -2.16. The van der Waals surface area contributed by atoms with Crippen LogP contribution in [0.4, 0.5) is 0 Å². The molecule has 0 amide bonds. The van der Waals surface area contributed by atoms with Gasteiger partial charge in [-0.15, -0.1) is 16.7 Å². The summed E-state index contributed by atoms with van der Waals surface area (Å²) in [5.74, 6) is 1.21. The molecule has 5 heteroatoms. The fraction of sp³-hybridized carbons (Fsp3) is 0.875. The minimum absolute atomic E-state index is 0.406. The predicted molar refractivity (Wildman–Crippen MR) is 49.5 cm³/mol. The fourth-order valence-electron chi connectivity index (χ4n) is 1.91. The first-order valence-corrected chi connectivity index (χ1v) is 5.28. The smallest absolute Gasteiger partial charge is 0.166 e. The quantitative estimate of drug-likeness (QED) is 0.686. The summed E-state index contributed by atoms with van der Waals surface area (Å²) in [4.78, 5) is 0. The highest BCUT2D eigenvalue weighted by Crippen LogP contribution is 2.27. The van der Waals surface area contributed by atoms with Gasteiger partial charge >= 0.3 is 0 Å². The molecule has 0 aliphatic heterocycles. The molecule has 2 rings (SSSR count). The Morgan fingerprint density at radius 1 is 1.31 bits per heavy atom. The summed E-state index contributed by atoms with van der Waals surface area (Å²) < 4.78 is 1.90. The van der Waals surface area contributed by atoms with Gasteiger partial charge in [0.2, 0.25) is 0 Å². The summed E-state index contributed by atoms with van der Waals surface area (Å²) in [5.41, 5.74) is 0. The largest absolute Gasteiger partial charge is 0.225 e. The Morgan fingerprint density at radius 3 is 2.77 bits per heavy atom. The summed E-state index contributed by atoms with van der Waals surface area (Å²) >= 11 is 5.73. The van der Waals surface area contributed by atoms with Crippen LogP contribution < -0.4 is 0 Å². The highest BCUT2D eigenvalue weighted by Gasteiger charge is 2.19. The maximum Gasteiger partial charge on any atom is 0.166 e. The molecular formula is C8H13ClN4. The number of tetrazole rings is 1. The Balaban J connectivity index is 2.13. The van der Waals surface area contributed by atoms with Gasteiger partial charge in [0.05, 0.1) is 11.9 Å². The third kappa shape index (κ3) is 1.82. The van der Waals surface area contributed by atoms with Gasteiger partial charge in [0, 0.05) is 0 Å². The average Bonchev–Trinajstić information content (AvgIpc) is 2.67. The van der Waals surface area contributed by atoms with Crippen molar-refractivity contribution in [2.45, 2.75) is 44.0 Å². The molecule has 1 aliphatic carbocycles. The van der Waals surface area contributed by atoms with Crippen molar-refractivity contribution in [3.63, 3.8) is 0 Å². The zero-order valence-electron chi connectivity index (χ0n) is 7.49. The molecule has 0 saturated heterocycles. The molecule has 1 fully saturated rings. The maximum absolute atomic E-state index is 5.73. The number of hydrogen-bond donors (Lipinski definition) is 0. The van der Waals surface area contributed by atoms with E-state index in [0.29, 0.717) is 11.9 Å². The van der Waals surface area contributed by atoms with Crippen molar-refractivity contribution in [2.24, 2.45) is 0 Å². The second-order valence-electron chi connectivity index (χ2n) is 3.47. The Morgan fingerprint density at radius 2 is 2.08 bits per heavy atom. The Kier molecular flexibility index (Phi) is 2.78. The van der Waals surface area contributed by atoms with E-state index in [4.69, 9.17) is 11.6 Å². The molecule has 4 nitrogen and oxygen atoms in total. The van der Waals surface area contributed by atoms with Gasteiger partial charge < -0.3 is 0 Å². The van der Waals surface area contributed by atoms with Crippen molar-refractivity contribution in [1.82, 2.24) is 20.2 Å². The number of rotatable bonds is 2. The van der Waals surface area contributed by atoms with Crippen LogP contribution in [0.25, 0.3) is 0 Å². The van der Waals surface area contributed by atoms with Crippen LogP contribution in [0, 0.1) is 0 Å². The Bertz CT molecular complexity index is 267. The van der Waals surface area contributed by atoms with Crippen molar-refractivity contribution >= 4 is 11.6 Å². The van der Waals surface area contributed by atoms with Gasteiger partial charge in [-0.05, 0) is 23.3 Å². The molecule has 0 unspecified atom stereocenters. The van der Waals surface area contributed by atoms with Gasteiger partial charge in [-0.1, -0.05) is 19.3 Å². The van der Waals surface area contributed by atoms with Gasteiger partial charge in [-0.2, -0.15) is 0 Å². The van der Waals surface area contributed by atoms with Gasteiger partial charge in [-0.25, -0.2) is 4.68 Å². The minimum atomic E-state index is 0.406. The third-order valence-corrected chi connectivity index (χ3v) is 2.84. The molecule has 1 aromatic heterocycles. The van der Waals surface area contributed by atoms with E-state index in [9.17, 15) is 0 Å². The van der Waals surface area contributed by atoms with Crippen LogP contribution in [0.1, 0.15) is 44.0 Å². The van der Waals surface area contributed by atoms with E-state index < -0.39 is 0 Å². The molecule has 0 atom stereocenters. The third-order valence-electron chi connectivity index (χ3n) is 2.60. The van der Waals surface area contributed by atoms with E-state index in [1.807, 2.05) is 4.68 Å². The van der Waals surface area contributed by atoms with Crippen molar-refractivity contribution in [1.29, 1.82) is 0 Å². The first kappa shape index (κ1) is 8.94. The summed E-state index contributed by atoms with van der Waals surface area (Å²) in [6.45, 7) is 0. The highest BCUT2D eigenvalue weighted by molar-refractivity contribution is 6.16. The first-order valence-electron chi connectivity index (χ1n) is 4.74. The second kappa shape index (κ2) is 4.05. The van der Waals surface area contributed by atoms with Gasteiger partial charge in [0.15, 0.2) is 5.82 Å². The lowest BCUT2D eigenvalue weighted by Gasteiger charge is -2.21. The number of aromatic nitrogens is 4. The molecular weight excluding hydrogens is 188 g/mol. The molecule has 0 bridgehead atoms. The lowest BCUT2D eigenvalue weighted by molar-refractivity contribution is 0.319. The molecule has 13 heavy (non-hydrogen) atoms. The van der Waals surface area contributed by atoms with Crippen molar-refractivity contribution in [3.05, 3.63) is 5.82 Å². The van der Waals surface area contributed by atoms with Crippen molar-refractivity contribution in [2.75, 3.05) is 0 Å². The van der Waals surface area contributed by atoms with E-state index >= 15 is 0 Å². The number of nitrogens with zero attached hydrogens (tertiary/aromatic N) is 4. The molecule has 0 radical (unpaired) electrons. The van der Waals surface area contributed by atoms with E-state index in [2.05, 4.69) is 15.5 Å². The fourth-order valence-corrected chi connectivity index (χ4v) is 2.09. The number of hydrogen-bond acceptors (Lipinski definition) is 3. The van der Waals surface area contributed by atoms with E-state index in [1.165, 1.54) is 32.1 Å². The number of halogens is 1. The zero-order chi connectivity index (χ0) is 9.10. The summed E-state index contributed by atoms with van der Waals surface area (Å²) in [7, 11) is 0. The highest BCUT2D eigenvalue weighted by atomic mass is 35.5. The normalized spacial score (nSPS) is 19.2. The molecule has 1 heterocycles. The first-order chi connectivity index (χ1) is 6.42. The molecule has 0 N–H and O–H groups in total. The zero-order valence-corrected chi connectivity index (χ0v) is 8.24. The SMILES string of the molecule is ClCc1nnnn1C1CCCCC1. The van der Waals surface area contributed by atoms with Crippen LogP contribution in [0.2, 0.25) is 0 Å². The Labute approximate surface area is 82.3 Å². The van der Waals surface area contributed by atoms with E-state index in [1.54, 1.807) is 0 Å². The van der Waals surface area contributed by atoms with Crippen molar-refractivity contribution < 1.29 is 0 Å². The maximum atomic E-state index is 5.73.